The number of benzene rings is 2. The van der Waals surface area contributed by atoms with Crippen molar-refractivity contribution in [2.75, 3.05) is 44.2 Å². The van der Waals surface area contributed by atoms with Crippen LogP contribution in [0.1, 0.15) is 5.56 Å². The van der Waals surface area contributed by atoms with Gasteiger partial charge in [-0.1, -0.05) is 12.1 Å². The average molecular weight is 577 g/mol. The fraction of sp³-hybridized carbons (Fsp3) is 0.233. The molecule has 0 saturated carbocycles. The molecular weight excluding hydrogens is 544 g/mol. The van der Waals surface area contributed by atoms with Gasteiger partial charge < -0.3 is 35.5 Å². The van der Waals surface area contributed by atoms with Gasteiger partial charge in [0, 0.05) is 61.1 Å². The van der Waals surface area contributed by atoms with Gasteiger partial charge in [-0.2, -0.15) is 11.3 Å². The number of aromatic nitrogens is 1. The number of aromatic amines is 1. The van der Waals surface area contributed by atoms with Crippen LogP contribution in [-0.4, -0.2) is 77.3 Å². The van der Waals surface area contributed by atoms with Gasteiger partial charge in [0.25, 0.3) is 5.91 Å². The highest BCUT2D eigenvalue weighted by Crippen LogP contribution is 2.26. The number of aliphatic carboxylic acids is 2. The van der Waals surface area contributed by atoms with Crippen molar-refractivity contribution in [1.82, 2.24) is 9.88 Å². The fourth-order valence-corrected chi connectivity index (χ4v) is 5.16. The number of hydrogen-bond acceptors (Lipinski definition) is 7. The van der Waals surface area contributed by atoms with E-state index < -0.39 is 11.9 Å². The molecule has 5 rings (SSSR count). The van der Waals surface area contributed by atoms with Gasteiger partial charge in [-0.25, -0.2) is 9.59 Å². The second kappa shape index (κ2) is 14.1. The summed E-state index contributed by atoms with van der Waals surface area (Å²) in [5.41, 5.74) is 11.6. The minimum Gasteiger partial charge on any atom is -0.484 e. The molecule has 3 heterocycles. The Balaban J connectivity index is 0.000000426. The molecule has 1 aliphatic rings. The number of thiophene rings is 1. The van der Waals surface area contributed by atoms with Gasteiger partial charge in [-0.15, -0.1) is 0 Å². The monoisotopic (exact) mass is 576 g/mol. The van der Waals surface area contributed by atoms with Crippen LogP contribution in [-0.2, 0) is 20.8 Å². The number of carbonyl (C=O) groups excluding carboxylic acids is 1. The first-order valence-corrected chi connectivity index (χ1v) is 14.0. The lowest BCUT2D eigenvalue weighted by Crippen LogP contribution is -2.50. The molecule has 11 heteroatoms. The number of fused-ring (bicyclic) bond motifs is 1. The van der Waals surface area contributed by atoms with Crippen LogP contribution in [0.2, 0.25) is 0 Å². The molecule has 1 aliphatic heterocycles. The predicted octanol–water partition coefficient (Wildman–Crippen LogP) is 3.84. The van der Waals surface area contributed by atoms with E-state index in [1.807, 2.05) is 29.3 Å². The van der Waals surface area contributed by atoms with Crippen molar-refractivity contribution < 1.29 is 29.3 Å². The average Bonchev–Trinajstić information content (AvgIpc) is 3.66. The lowest BCUT2D eigenvalue weighted by molar-refractivity contribution is -0.134. The molecule has 4 aromatic rings. The number of carboxylic acids is 2. The first kappa shape index (κ1) is 29.4. The number of nitrogens with one attached hydrogen (secondary N) is 1. The van der Waals surface area contributed by atoms with Gasteiger partial charge in [-0.05, 0) is 76.8 Å². The number of carboxylic acid groups (broad SMARTS) is 2. The Hall–Kier alpha value is -4.61. The van der Waals surface area contributed by atoms with E-state index in [0.717, 1.165) is 30.4 Å². The van der Waals surface area contributed by atoms with Gasteiger partial charge in [0.2, 0.25) is 0 Å². The molecule has 1 amide bonds. The van der Waals surface area contributed by atoms with Crippen molar-refractivity contribution in [3.8, 4) is 16.9 Å². The minimum absolute atomic E-state index is 0.0267. The van der Waals surface area contributed by atoms with Gasteiger partial charge in [0.15, 0.2) is 6.61 Å². The number of anilines is 1. The standard InChI is InChI=1S/C26H28N4O2S.C4H4O4/c27-9-7-20-16-28-25-6-5-23(15-24(20)25)32-17-26(31)30-12-10-29(11-13-30)22-3-1-19(2-4-22)21-8-14-33-18-21;5-3(6)1-2-4(7)8/h1-6,8,14-16,18,28H,7,9-13,17,27H2;1-2H,(H,5,6)(H,7,8). The third-order valence-corrected chi connectivity index (χ3v) is 7.29. The first-order valence-electron chi connectivity index (χ1n) is 13.1. The largest absolute Gasteiger partial charge is 0.484 e. The van der Waals surface area contributed by atoms with Crippen LogP contribution in [0.25, 0.3) is 22.0 Å². The number of carbonyl (C=O) groups is 3. The molecule has 0 aliphatic carbocycles. The van der Waals surface area contributed by atoms with E-state index in [1.54, 1.807) is 11.3 Å². The van der Waals surface area contributed by atoms with Crippen LogP contribution in [0.15, 0.2) is 77.6 Å². The second-order valence-electron chi connectivity index (χ2n) is 9.29. The molecule has 41 heavy (non-hydrogen) atoms. The van der Waals surface area contributed by atoms with Crippen LogP contribution in [0, 0.1) is 0 Å². The van der Waals surface area contributed by atoms with E-state index in [-0.39, 0.29) is 12.5 Å². The summed E-state index contributed by atoms with van der Waals surface area (Å²) in [7, 11) is 0. The van der Waals surface area contributed by atoms with Crippen molar-refractivity contribution in [2.24, 2.45) is 5.73 Å². The number of H-pyrrole nitrogens is 1. The SMILES string of the molecule is NCCc1c[nH]c2ccc(OCC(=O)N3CCN(c4ccc(-c5ccsc5)cc4)CC3)cc12.O=C(O)C=CC(=O)O. The molecule has 1 saturated heterocycles. The lowest BCUT2D eigenvalue weighted by atomic mass is 10.1. The predicted molar refractivity (Wildman–Crippen MR) is 160 cm³/mol. The zero-order valence-electron chi connectivity index (χ0n) is 22.4. The normalized spacial score (nSPS) is 13.2. The van der Waals surface area contributed by atoms with E-state index in [4.69, 9.17) is 20.7 Å². The Labute approximate surface area is 241 Å². The molecule has 0 atom stereocenters. The van der Waals surface area contributed by atoms with Crippen LogP contribution in [0.3, 0.4) is 0 Å². The van der Waals surface area contributed by atoms with Crippen molar-refractivity contribution in [1.29, 1.82) is 0 Å². The molecule has 1 fully saturated rings. The maximum absolute atomic E-state index is 12.7. The maximum Gasteiger partial charge on any atom is 0.328 e. The third-order valence-electron chi connectivity index (χ3n) is 6.60. The topological polar surface area (TPSA) is 149 Å². The summed E-state index contributed by atoms with van der Waals surface area (Å²) in [5.74, 6) is -1.78. The molecule has 0 spiro atoms. The molecule has 0 unspecified atom stereocenters. The van der Waals surface area contributed by atoms with E-state index in [9.17, 15) is 14.4 Å². The summed E-state index contributed by atoms with van der Waals surface area (Å²) < 4.78 is 5.84. The number of ether oxygens (including phenoxy) is 1. The number of hydrogen-bond donors (Lipinski definition) is 4. The maximum atomic E-state index is 12.7. The van der Waals surface area contributed by atoms with Crippen molar-refractivity contribution in [2.45, 2.75) is 6.42 Å². The number of piperazine rings is 1. The molecule has 10 nitrogen and oxygen atoms in total. The Morgan fingerprint density at radius 1 is 0.951 bits per heavy atom. The van der Waals surface area contributed by atoms with E-state index >= 15 is 0 Å². The summed E-state index contributed by atoms with van der Waals surface area (Å²) in [5, 5.41) is 21.0. The molecule has 214 valence electrons. The first-order chi connectivity index (χ1) is 19.8. The zero-order valence-corrected chi connectivity index (χ0v) is 23.2. The van der Waals surface area contributed by atoms with Gasteiger partial charge >= 0.3 is 11.9 Å². The quantitative estimate of drug-likeness (QED) is 0.220. The second-order valence-corrected chi connectivity index (χ2v) is 10.1. The highest BCUT2D eigenvalue weighted by molar-refractivity contribution is 7.08. The van der Waals surface area contributed by atoms with Gasteiger partial charge in [0.05, 0.1) is 0 Å². The van der Waals surface area contributed by atoms with Gasteiger partial charge in [-0.3, -0.25) is 4.79 Å². The minimum atomic E-state index is -1.26. The highest BCUT2D eigenvalue weighted by atomic mass is 32.1. The molecule has 5 N–H and O–H groups in total. The van der Waals surface area contributed by atoms with Crippen LogP contribution in [0.4, 0.5) is 5.69 Å². The summed E-state index contributed by atoms with van der Waals surface area (Å²) in [6, 6.07) is 16.7. The lowest BCUT2D eigenvalue weighted by Gasteiger charge is -2.36. The fourth-order valence-electron chi connectivity index (χ4n) is 4.50. The van der Waals surface area contributed by atoms with Crippen molar-refractivity contribution in [3.63, 3.8) is 0 Å². The van der Waals surface area contributed by atoms with Crippen LogP contribution >= 0.6 is 11.3 Å². The molecule has 2 aromatic heterocycles. The Kier molecular flexibility index (Phi) is 10.1. The van der Waals surface area contributed by atoms with E-state index in [0.29, 0.717) is 37.5 Å². The number of rotatable bonds is 9. The number of nitrogens with zero attached hydrogens (tertiary/aromatic N) is 2. The molecule has 0 bridgehead atoms. The van der Waals surface area contributed by atoms with E-state index in [2.05, 4.69) is 51.0 Å². The highest BCUT2D eigenvalue weighted by Gasteiger charge is 2.22. The number of amides is 1. The van der Waals surface area contributed by atoms with E-state index in [1.165, 1.54) is 22.4 Å². The van der Waals surface area contributed by atoms with Gasteiger partial charge in [0.1, 0.15) is 5.75 Å². The van der Waals surface area contributed by atoms with Crippen molar-refractivity contribution in [3.05, 3.63) is 83.2 Å². The Bertz CT molecular complexity index is 1470. The summed E-state index contributed by atoms with van der Waals surface area (Å²) >= 11 is 1.71. The zero-order chi connectivity index (χ0) is 29.2. The van der Waals surface area contributed by atoms with Crippen molar-refractivity contribution >= 4 is 45.8 Å². The summed E-state index contributed by atoms with van der Waals surface area (Å²) in [6.45, 7) is 3.69. The summed E-state index contributed by atoms with van der Waals surface area (Å²) in [6.07, 6.45) is 3.91. The number of nitrogens with two attached hydrogens (primary N) is 1. The molecule has 0 radical (unpaired) electrons. The Morgan fingerprint density at radius 2 is 1.66 bits per heavy atom. The Morgan fingerprint density at radius 3 is 2.27 bits per heavy atom. The van der Waals surface area contributed by atoms with Crippen LogP contribution in [0.5, 0.6) is 5.75 Å². The molecule has 2 aromatic carbocycles. The smallest absolute Gasteiger partial charge is 0.328 e. The van der Waals surface area contributed by atoms with Crippen LogP contribution < -0.4 is 15.4 Å². The summed E-state index contributed by atoms with van der Waals surface area (Å²) in [4.78, 5) is 39.3. The molecular formula is C30H32N4O6S. The third kappa shape index (κ3) is 8.19.